The summed E-state index contributed by atoms with van der Waals surface area (Å²) in [7, 11) is 1.85. The van der Waals surface area contributed by atoms with Gasteiger partial charge in [0.2, 0.25) is 0 Å². The third-order valence-electron chi connectivity index (χ3n) is 6.49. The van der Waals surface area contributed by atoms with Crippen molar-refractivity contribution >= 4 is 5.69 Å². The highest BCUT2D eigenvalue weighted by molar-refractivity contribution is 5.65. The Kier molecular flexibility index (Phi) is 5.84. The molecular formula is C26H21F3N6O2. The average Bonchev–Trinajstić information content (AvgIpc) is 3.32. The van der Waals surface area contributed by atoms with E-state index in [2.05, 4.69) is 9.94 Å². The van der Waals surface area contributed by atoms with Gasteiger partial charge < -0.3 is 4.90 Å². The Morgan fingerprint density at radius 1 is 1.03 bits per heavy atom. The SMILES string of the molecule is [C-]#[N+]c1ccc(-n2nccc2-c2c(C)n(-c3cccc(C(F)(F)F)c3)c(=O)n(C3CN(C)C3)c2=O)cc1. The number of aromatic nitrogens is 4. The van der Waals surface area contributed by atoms with Crippen LogP contribution in [0.4, 0.5) is 18.9 Å². The van der Waals surface area contributed by atoms with Crippen molar-refractivity contribution < 1.29 is 13.2 Å². The minimum atomic E-state index is -4.60. The smallest absolute Gasteiger partial charge is 0.302 e. The highest BCUT2D eigenvalue weighted by Crippen LogP contribution is 2.31. The lowest BCUT2D eigenvalue weighted by atomic mass is 10.1. The van der Waals surface area contributed by atoms with Gasteiger partial charge in [-0.1, -0.05) is 18.2 Å². The summed E-state index contributed by atoms with van der Waals surface area (Å²) in [5.41, 5.74) is -0.395. The van der Waals surface area contributed by atoms with Gasteiger partial charge in [-0.15, -0.1) is 0 Å². The lowest BCUT2D eigenvalue weighted by Crippen LogP contribution is -2.54. The lowest BCUT2D eigenvalue weighted by Gasteiger charge is -2.37. The zero-order valence-electron chi connectivity index (χ0n) is 19.9. The summed E-state index contributed by atoms with van der Waals surface area (Å²) in [6, 6.07) is 12.3. The number of hydrogen-bond acceptors (Lipinski definition) is 4. The normalized spacial score (nSPS) is 14.4. The van der Waals surface area contributed by atoms with Crippen LogP contribution in [0.25, 0.3) is 27.5 Å². The summed E-state index contributed by atoms with van der Waals surface area (Å²) in [4.78, 5) is 32.8. The summed E-state index contributed by atoms with van der Waals surface area (Å²) in [6.07, 6.45) is -3.10. The Morgan fingerprint density at radius 2 is 1.73 bits per heavy atom. The van der Waals surface area contributed by atoms with Crippen molar-refractivity contribution in [1.29, 1.82) is 0 Å². The number of alkyl halides is 3. The molecule has 0 saturated carbocycles. The number of hydrogen-bond donors (Lipinski definition) is 0. The summed E-state index contributed by atoms with van der Waals surface area (Å²) in [5.74, 6) is 0. The van der Waals surface area contributed by atoms with Gasteiger partial charge in [-0.05, 0) is 50.4 Å². The Morgan fingerprint density at radius 3 is 2.35 bits per heavy atom. The van der Waals surface area contributed by atoms with Gasteiger partial charge >= 0.3 is 11.9 Å². The second-order valence-electron chi connectivity index (χ2n) is 8.93. The predicted octanol–water partition coefficient (Wildman–Crippen LogP) is 4.22. The second-order valence-corrected chi connectivity index (χ2v) is 8.93. The summed E-state index contributed by atoms with van der Waals surface area (Å²) < 4.78 is 44.2. The molecule has 2 aromatic carbocycles. The Labute approximate surface area is 209 Å². The van der Waals surface area contributed by atoms with E-state index in [1.165, 1.54) is 29.9 Å². The van der Waals surface area contributed by atoms with Crippen LogP contribution in [0, 0.1) is 13.5 Å². The van der Waals surface area contributed by atoms with E-state index in [-0.39, 0.29) is 16.9 Å². The molecule has 0 amide bonds. The molecule has 3 heterocycles. The molecule has 2 aromatic heterocycles. The standard InChI is InChI=1S/C26H21F3N6O2/c1-16-23(22-11-12-31-35(22)19-9-7-18(30-2)8-10-19)24(36)34(21-14-32(3)15-21)25(37)33(16)20-6-4-5-17(13-20)26(27,28)29/h4-13,21H,14-15H2,1,3H3. The first-order chi connectivity index (χ1) is 17.6. The lowest BCUT2D eigenvalue weighted by molar-refractivity contribution is -0.137. The van der Waals surface area contributed by atoms with Crippen molar-refractivity contribution in [1.82, 2.24) is 23.8 Å². The molecule has 37 heavy (non-hydrogen) atoms. The zero-order chi connectivity index (χ0) is 26.5. The fourth-order valence-corrected chi connectivity index (χ4v) is 4.66. The van der Waals surface area contributed by atoms with Crippen LogP contribution < -0.4 is 11.2 Å². The molecule has 1 aliphatic rings. The molecule has 0 spiro atoms. The van der Waals surface area contributed by atoms with Gasteiger partial charge in [0, 0.05) is 18.8 Å². The second kappa shape index (κ2) is 8.90. The van der Waals surface area contributed by atoms with Crippen molar-refractivity contribution in [3.63, 3.8) is 0 Å². The quantitative estimate of drug-likeness (QED) is 0.389. The molecule has 0 unspecified atom stereocenters. The largest absolute Gasteiger partial charge is 0.416 e. The number of benzene rings is 2. The average molecular weight is 506 g/mol. The molecule has 5 rings (SSSR count). The maximum atomic E-state index is 13.8. The molecule has 0 bridgehead atoms. The fourth-order valence-electron chi connectivity index (χ4n) is 4.66. The van der Waals surface area contributed by atoms with Crippen molar-refractivity contribution in [2.24, 2.45) is 0 Å². The van der Waals surface area contributed by atoms with Crippen molar-refractivity contribution in [3.8, 4) is 22.6 Å². The Balaban J connectivity index is 1.79. The van der Waals surface area contributed by atoms with Crippen LogP contribution in [0.1, 0.15) is 17.3 Å². The highest BCUT2D eigenvalue weighted by Gasteiger charge is 2.33. The molecule has 0 N–H and O–H groups in total. The van der Waals surface area contributed by atoms with Gasteiger partial charge in [-0.2, -0.15) is 18.3 Å². The molecule has 0 atom stereocenters. The minimum absolute atomic E-state index is 0.00692. The van der Waals surface area contributed by atoms with Crippen LogP contribution >= 0.6 is 0 Å². The number of likely N-dealkylation sites (tertiary alicyclic amines) is 1. The molecule has 1 aliphatic heterocycles. The van der Waals surface area contributed by atoms with E-state index in [4.69, 9.17) is 6.57 Å². The molecule has 4 aromatic rings. The van der Waals surface area contributed by atoms with Gasteiger partial charge in [0.05, 0.1) is 47.0 Å². The van der Waals surface area contributed by atoms with E-state index < -0.39 is 29.0 Å². The van der Waals surface area contributed by atoms with Crippen LogP contribution in [-0.4, -0.2) is 44.0 Å². The highest BCUT2D eigenvalue weighted by atomic mass is 19.4. The van der Waals surface area contributed by atoms with Crippen molar-refractivity contribution in [3.05, 3.63) is 104 Å². The van der Waals surface area contributed by atoms with Crippen LogP contribution in [0.5, 0.6) is 0 Å². The molecular weight excluding hydrogens is 485 g/mol. The van der Waals surface area contributed by atoms with Gasteiger partial charge in [-0.3, -0.25) is 13.9 Å². The van der Waals surface area contributed by atoms with Crippen molar-refractivity contribution in [2.75, 3.05) is 20.1 Å². The maximum Gasteiger partial charge on any atom is 0.416 e. The minimum Gasteiger partial charge on any atom is -0.302 e. The number of likely N-dealkylation sites (N-methyl/N-ethyl adjacent to an activating group) is 1. The van der Waals surface area contributed by atoms with Crippen molar-refractivity contribution in [2.45, 2.75) is 19.1 Å². The Bertz CT molecular complexity index is 1650. The third kappa shape index (κ3) is 4.15. The van der Waals surface area contributed by atoms with E-state index in [0.29, 0.717) is 30.2 Å². The topological polar surface area (TPSA) is 69.4 Å². The van der Waals surface area contributed by atoms with E-state index in [1.807, 2.05) is 11.9 Å². The summed E-state index contributed by atoms with van der Waals surface area (Å²) in [5, 5.41) is 4.34. The fraction of sp³-hybridized carbons (Fsp3) is 0.231. The first kappa shape index (κ1) is 24.3. The van der Waals surface area contributed by atoms with Gasteiger partial charge in [0.1, 0.15) is 0 Å². The third-order valence-corrected chi connectivity index (χ3v) is 6.49. The molecule has 188 valence electrons. The van der Waals surface area contributed by atoms with Gasteiger partial charge in [0.15, 0.2) is 5.69 Å². The van der Waals surface area contributed by atoms with Crippen LogP contribution in [0.2, 0.25) is 0 Å². The van der Waals surface area contributed by atoms with Gasteiger partial charge in [-0.25, -0.2) is 14.3 Å². The number of nitrogens with zero attached hydrogens (tertiary/aromatic N) is 6. The monoisotopic (exact) mass is 506 g/mol. The van der Waals surface area contributed by atoms with E-state index in [9.17, 15) is 22.8 Å². The van der Waals surface area contributed by atoms with E-state index >= 15 is 0 Å². The van der Waals surface area contributed by atoms with Gasteiger partial charge in [0.25, 0.3) is 5.56 Å². The summed E-state index contributed by atoms with van der Waals surface area (Å²) in [6.45, 7) is 9.60. The zero-order valence-corrected chi connectivity index (χ0v) is 19.9. The molecule has 0 radical (unpaired) electrons. The maximum absolute atomic E-state index is 13.8. The predicted molar refractivity (Wildman–Crippen MR) is 131 cm³/mol. The molecule has 1 fully saturated rings. The molecule has 8 nitrogen and oxygen atoms in total. The molecule has 0 aliphatic carbocycles. The molecule has 1 saturated heterocycles. The van der Waals surface area contributed by atoms with Crippen LogP contribution in [0.3, 0.4) is 0 Å². The first-order valence-electron chi connectivity index (χ1n) is 11.4. The van der Waals surface area contributed by atoms with E-state index in [0.717, 1.165) is 21.3 Å². The Hall–Kier alpha value is -4.43. The number of rotatable bonds is 4. The van der Waals surface area contributed by atoms with E-state index in [1.54, 1.807) is 30.3 Å². The van der Waals surface area contributed by atoms with Crippen LogP contribution in [0.15, 0.2) is 70.4 Å². The summed E-state index contributed by atoms with van der Waals surface area (Å²) >= 11 is 0. The first-order valence-corrected chi connectivity index (χ1v) is 11.4. The molecule has 11 heteroatoms. The van der Waals surface area contributed by atoms with Crippen LogP contribution in [-0.2, 0) is 6.18 Å². The number of halogens is 3.